The lowest BCUT2D eigenvalue weighted by atomic mass is 10.2. The van der Waals surface area contributed by atoms with Gasteiger partial charge in [0, 0.05) is 13.1 Å². The maximum Gasteiger partial charge on any atom is 0.273 e. The molecule has 1 heterocycles. The molecule has 2 rings (SSSR count). The van der Waals surface area contributed by atoms with Gasteiger partial charge in [-0.15, -0.1) is 0 Å². The van der Waals surface area contributed by atoms with E-state index in [4.69, 9.17) is 5.73 Å². The predicted octanol–water partition coefficient (Wildman–Crippen LogP) is 0.922. The van der Waals surface area contributed by atoms with E-state index in [1.165, 1.54) is 4.68 Å². The van der Waals surface area contributed by atoms with E-state index in [2.05, 4.69) is 0 Å². The molecule has 0 unspecified atom stereocenters. The van der Waals surface area contributed by atoms with E-state index in [0.717, 1.165) is 12.8 Å². The van der Waals surface area contributed by atoms with Crippen molar-refractivity contribution in [3.8, 4) is 0 Å². The molecule has 2 aromatic rings. The van der Waals surface area contributed by atoms with Gasteiger partial charge in [0.25, 0.3) is 11.1 Å². The fourth-order valence-electron chi connectivity index (χ4n) is 2.30. The smallest absolute Gasteiger partial charge is 0.273 e. The van der Waals surface area contributed by atoms with Crippen molar-refractivity contribution in [3.05, 3.63) is 45.0 Å². The molecule has 5 heteroatoms. The quantitative estimate of drug-likeness (QED) is 0.814. The Morgan fingerprint density at radius 3 is 2.11 bits per heavy atom. The molecule has 5 nitrogen and oxygen atoms in total. The van der Waals surface area contributed by atoms with E-state index in [9.17, 15) is 9.59 Å². The second kappa shape index (κ2) is 5.84. The zero-order chi connectivity index (χ0) is 13.8. The average molecular weight is 261 g/mol. The van der Waals surface area contributed by atoms with E-state index in [1.54, 1.807) is 28.9 Å². The van der Waals surface area contributed by atoms with E-state index < -0.39 is 0 Å². The number of aromatic nitrogens is 2. The lowest BCUT2D eigenvalue weighted by molar-refractivity contribution is 0.418. The molecule has 0 radical (unpaired) electrons. The summed E-state index contributed by atoms with van der Waals surface area (Å²) in [4.78, 5) is 24.8. The third-order valence-electron chi connectivity index (χ3n) is 3.27. The molecule has 1 aromatic carbocycles. The fraction of sp³-hybridized carbons (Fsp3) is 0.429. The van der Waals surface area contributed by atoms with Crippen molar-refractivity contribution in [1.82, 2.24) is 9.36 Å². The molecule has 102 valence electrons. The highest BCUT2D eigenvalue weighted by molar-refractivity contribution is 5.80. The van der Waals surface area contributed by atoms with Crippen LogP contribution in [0.5, 0.6) is 0 Å². The molecular weight excluding hydrogens is 242 g/mol. The Labute approximate surface area is 111 Å². The summed E-state index contributed by atoms with van der Waals surface area (Å²) in [6.07, 6.45) is 1.64. The number of nitrogens with two attached hydrogens (primary N) is 1. The highest BCUT2D eigenvalue weighted by Crippen LogP contribution is 2.04. The number of hydrogen-bond donors (Lipinski definition) is 1. The lowest BCUT2D eigenvalue weighted by Crippen LogP contribution is -2.38. The molecule has 0 amide bonds. The van der Waals surface area contributed by atoms with Crippen molar-refractivity contribution in [2.75, 3.05) is 6.54 Å². The Morgan fingerprint density at radius 2 is 1.58 bits per heavy atom. The zero-order valence-electron chi connectivity index (χ0n) is 11.1. The van der Waals surface area contributed by atoms with Crippen molar-refractivity contribution >= 4 is 10.8 Å². The monoisotopic (exact) mass is 261 g/mol. The summed E-state index contributed by atoms with van der Waals surface area (Å²) in [5.41, 5.74) is 5.26. The molecule has 2 N–H and O–H groups in total. The van der Waals surface area contributed by atoms with Gasteiger partial charge in [0.2, 0.25) is 0 Å². The summed E-state index contributed by atoms with van der Waals surface area (Å²) in [5.74, 6) is 0. The summed E-state index contributed by atoms with van der Waals surface area (Å²) < 4.78 is 3.06. The van der Waals surface area contributed by atoms with E-state index in [-0.39, 0.29) is 11.1 Å². The second-order valence-electron chi connectivity index (χ2n) is 4.49. The molecule has 0 atom stereocenters. The number of benzene rings is 1. The zero-order valence-corrected chi connectivity index (χ0v) is 11.1. The van der Waals surface area contributed by atoms with Crippen LogP contribution in [0.15, 0.2) is 33.9 Å². The normalized spacial score (nSPS) is 11.1. The molecule has 1 aromatic heterocycles. The molecule has 0 aliphatic rings. The SMILES string of the molecule is CCn1c(=O)c2ccccc2c(=O)n1CCCCN. The van der Waals surface area contributed by atoms with Crippen LogP contribution >= 0.6 is 0 Å². The number of hydrogen-bond acceptors (Lipinski definition) is 3. The van der Waals surface area contributed by atoms with Gasteiger partial charge in [0.15, 0.2) is 0 Å². The third-order valence-corrected chi connectivity index (χ3v) is 3.27. The maximum atomic E-state index is 12.4. The van der Waals surface area contributed by atoms with Crippen molar-refractivity contribution in [1.29, 1.82) is 0 Å². The van der Waals surface area contributed by atoms with Crippen molar-refractivity contribution < 1.29 is 0 Å². The van der Waals surface area contributed by atoms with Crippen LogP contribution in [0.25, 0.3) is 10.8 Å². The lowest BCUT2D eigenvalue weighted by Gasteiger charge is -2.15. The molecule has 0 fully saturated rings. The molecule has 0 saturated heterocycles. The summed E-state index contributed by atoms with van der Waals surface area (Å²) in [7, 11) is 0. The molecule has 0 aliphatic carbocycles. The summed E-state index contributed by atoms with van der Waals surface area (Å²) in [5, 5.41) is 0.981. The van der Waals surface area contributed by atoms with Gasteiger partial charge in [0.1, 0.15) is 0 Å². The second-order valence-corrected chi connectivity index (χ2v) is 4.49. The van der Waals surface area contributed by atoms with Gasteiger partial charge in [-0.25, -0.2) is 9.36 Å². The molecule has 0 saturated carbocycles. The average Bonchev–Trinajstić information content (AvgIpc) is 2.44. The molecular formula is C14H19N3O2. The first-order chi connectivity index (χ1) is 9.20. The summed E-state index contributed by atoms with van der Waals surface area (Å²) >= 11 is 0. The van der Waals surface area contributed by atoms with Crippen LogP contribution in [-0.4, -0.2) is 15.9 Å². The summed E-state index contributed by atoms with van der Waals surface area (Å²) in [6, 6.07) is 6.97. The van der Waals surface area contributed by atoms with Gasteiger partial charge in [-0.1, -0.05) is 12.1 Å². The molecule has 0 bridgehead atoms. The van der Waals surface area contributed by atoms with Gasteiger partial charge in [-0.05, 0) is 38.4 Å². The van der Waals surface area contributed by atoms with E-state index >= 15 is 0 Å². The van der Waals surface area contributed by atoms with E-state index in [1.807, 2.05) is 6.92 Å². The maximum absolute atomic E-state index is 12.4. The molecule has 0 aliphatic heterocycles. The Morgan fingerprint density at radius 1 is 1.00 bits per heavy atom. The highest BCUT2D eigenvalue weighted by atomic mass is 16.2. The first-order valence-corrected chi connectivity index (χ1v) is 6.63. The van der Waals surface area contributed by atoms with Gasteiger partial charge < -0.3 is 5.73 Å². The van der Waals surface area contributed by atoms with Crippen molar-refractivity contribution in [2.45, 2.75) is 32.9 Å². The highest BCUT2D eigenvalue weighted by Gasteiger charge is 2.10. The minimum Gasteiger partial charge on any atom is -0.330 e. The Balaban J connectivity index is 2.64. The van der Waals surface area contributed by atoms with Gasteiger partial charge in [-0.2, -0.15) is 0 Å². The third kappa shape index (κ3) is 2.46. The predicted molar refractivity (Wildman–Crippen MR) is 76.4 cm³/mol. The molecule has 0 spiro atoms. The van der Waals surface area contributed by atoms with Gasteiger partial charge >= 0.3 is 0 Å². The topological polar surface area (TPSA) is 70.0 Å². The van der Waals surface area contributed by atoms with Crippen LogP contribution in [0.3, 0.4) is 0 Å². The van der Waals surface area contributed by atoms with Crippen LogP contribution in [0.1, 0.15) is 19.8 Å². The van der Waals surface area contributed by atoms with Crippen LogP contribution < -0.4 is 16.9 Å². The fourth-order valence-corrected chi connectivity index (χ4v) is 2.30. The number of rotatable bonds is 5. The first-order valence-electron chi connectivity index (χ1n) is 6.63. The number of fused-ring (bicyclic) bond motifs is 1. The minimum atomic E-state index is -0.106. The van der Waals surface area contributed by atoms with Crippen molar-refractivity contribution in [2.24, 2.45) is 5.73 Å². The largest absolute Gasteiger partial charge is 0.330 e. The van der Waals surface area contributed by atoms with Gasteiger partial charge in [0.05, 0.1) is 10.8 Å². The number of nitrogens with zero attached hydrogens (tertiary/aromatic N) is 2. The van der Waals surface area contributed by atoms with Gasteiger partial charge in [-0.3, -0.25) is 9.59 Å². The Bertz CT molecular complexity index is 685. The van der Waals surface area contributed by atoms with E-state index in [0.29, 0.717) is 30.4 Å². The molecule has 19 heavy (non-hydrogen) atoms. The van der Waals surface area contributed by atoms with Crippen LogP contribution in [0.4, 0.5) is 0 Å². The Kier molecular flexibility index (Phi) is 4.16. The summed E-state index contributed by atoms with van der Waals surface area (Å²) in [6.45, 7) is 3.49. The Hall–Kier alpha value is -1.88. The first kappa shape index (κ1) is 13.5. The number of unbranched alkanes of at least 4 members (excludes halogenated alkanes) is 1. The van der Waals surface area contributed by atoms with Crippen LogP contribution in [0.2, 0.25) is 0 Å². The van der Waals surface area contributed by atoms with Crippen LogP contribution in [0, 0.1) is 0 Å². The van der Waals surface area contributed by atoms with Crippen molar-refractivity contribution in [3.63, 3.8) is 0 Å². The standard InChI is InChI=1S/C14H19N3O2/c1-2-16-13(18)11-7-3-4-8-12(11)14(19)17(16)10-6-5-9-15/h3-4,7-8H,2,5-6,9-10,15H2,1H3. The van der Waals surface area contributed by atoms with Crippen LogP contribution in [-0.2, 0) is 13.1 Å². The minimum absolute atomic E-state index is 0.103.